The van der Waals surface area contributed by atoms with Gasteiger partial charge in [-0.25, -0.2) is 4.68 Å². The number of aromatic nitrogens is 3. The fraction of sp³-hybridized carbons (Fsp3) is 0.778. The first kappa shape index (κ1) is 12.1. The minimum absolute atomic E-state index is 0.353. The van der Waals surface area contributed by atoms with E-state index in [-0.39, 0.29) is 11.2 Å². The average molecular weight is 288 g/mol. The summed E-state index contributed by atoms with van der Waals surface area (Å²) >= 11 is 3.41. The van der Waals surface area contributed by atoms with Crippen molar-refractivity contribution in [3.8, 4) is 0 Å². The molecule has 0 atom stereocenters. The van der Waals surface area contributed by atoms with Crippen molar-refractivity contribution in [3.63, 3.8) is 0 Å². The van der Waals surface area contributed by atoms with E-state index in [0.717, 1.165) is 4.60 Å². The van der Waals surface area contributed by atoms with Gasteiger partial charge in [-0.3, -0.25) is 0 Å². The largest absolute Gasteiger partial charge is 0.519 e. The quantitative estimate of drug-likeness (QED) is 0.720. The molecular weight excluding hydrogens is 273 g/mol. The van der Waals surface area contributed by atoms with Crippen LogP contribution in [0.25, 0.3) is 0 Å². The molecule has 1 saturated heterocycles. The van der Waals surface area contributed by atoms with E-state index in [1.54, 1.807) is 4.68 Å². The van der Waals surface area contributed by atoms with Gasteiger partial charge in [0.15, 0.2) is 0 Å². The molecule has 0 aliphatic carbocycles. The summed E-state index contributed by atoms with van der Waals surface area (Å²) in [5.41, 5.74) is -0.0235. The fourth-order valence-corrected chi connectivity index (χ4v) is 1.80. The summed E-state index contributed by atoms with van der Waals surface area (Å²) in [7, 11) is 1.35. The van der Waals surface area contributed by atoms with E-state index in [9.17, 15) is 0 Å². The van der Waals surface area contributed by atoms with Crippen LogP contribution in [0.3, 0.4) is 0 Å². The van der Waals surface area contributed by atoms with Crippen molar-refractivity contribution in [1.82, 2.24) is 15.0 Å². The van der Waals surface area contributed by atoms with Crippen LogP contribution in [0.5, 0.6) is 0 Å². The summed E-state index contributed by atoms with van der Waals surface area (Å²) < 4.78 is 14.2. The summed E-state index contributed by atoms with van der Waals surface area (Å²) in [5.74, 6) is 0. The maximum absolute atomic E-state index is 5.88. The molecule has 2 heterocycles. The lowest BCUT2D eigenvalue weighted by molar-refractivity contribution is 0.00578. The zero-order chi connectivity index (χ0) is 12.1. The molecule has 1 fully saturated rings. The Kier molecular flexibility index (Phi) is 2.68. The Balaban J connectivity index is 2.30. The van der Waals surface area contributed by atoms with Crippen LogP contribution in [-0.2, 0) is 16.4 Å². The fourth-order valence-electron chi connectivity index (χ4n) is 1.46. The molecule has 0 radical (unpaired) electrons. The van der Waals surface area contributed by atoms with Gasteiger partial charge in [-0.05, 0) is 43.6 Å². The number of rotatable bonds is 1. The van der Waals surface area contributed by atoms with E-state index < -0.39 is 7.12 Å². The average Bonchev–Trinajstić information content (AvgIpc) is 2.54. The minimum Gasteiger partial charge on any atom is -0.398 e. The summed E-state index contributed by atoms with van der Waals surface area (Å²) in [6, 6.07) is 0. The Hall–Kier alpha value is -0.395. The summed E-state index contributed by atoms with van der Waals surface area (Å²) in [6.45, 7) is 8.04. The molecule has 0 unspecified atom stereocenters. The zero-order valence-corrected chi connectivity index (χ0v) is 11.7. The van der Waals surface area contributed by atoms with Crippen LogP contribution in [0, 0.1) is 0 Å². The van der Waals surface area contributed by atoms with Gasteiger partial charge in [0.1, 0.15) is 10.2 Å². The summed E-state index contributed by atoms with van der Waals surface area (Å²) in [6.07, 6.45) is 0. The normalized spacial score (nSPS) is 22.8. The number of halogens is 1. The zero-order valence-electron chi connectivity index (χ0n) is 10.1. The molecular formula is C9H15BBrN3O2. The predicted molar refractivity (Wildman–Crippen MR) is 64.4 cm³/mol. The number of hydrogen-bond donors (Lipinski definition) is 0. The molecule has 0 aromatic carbocycles. The molecule has 0 saturated carbocycles. The third kappa shape index (κ3) is 1.71. The standard InChI is InChI=1S/C9H15BBrN3O2/c1-8(2)9(3,4)16-10(15-8)6-7(11)14(5)13-12-6/h1-5H3. The van der Waals surface area contributed by atoms with Crippen molar-refractivity contribution in [1.29, 1.82) is 0 Å². The van der Waals surface area contributed by atoms with Gasteiger partial charge in [0, 0.05) is 7.05 Å². The molecule has 7 heteroatoms. The molecule has 88 valence electrons. The topological polar surface area (TPSA) is 49.2 Å². The lowest BCUT2D eigenvalue weighted by atomic mass is 9.86. The van der Waals surface area contributed by atoms with Gasteiger partial charge in [0.2, 0.25) is 0 Å². The second-order valence-corrected chi connectivity index (χ2v) is 5.73. The second-order valence-electron chi connectivity index (χ2n) is 4.98. The van der Waals surface area contributed by atoms with Gasteiger partial charge in [0.05, 0.1) is 11.2 Å². The third-order valence-corrected chi connectivity index (χ3v) is 4.18. The van der Waals surface area contributed by atoms with Gasteiger partial charge in [0.25, 0.3) is 0 Å². The van der Waals surface area contributed by atoms with E-state index in [1.165, 1.54) is 0 Å². The number of aryl methyl sites for hydroxylation is 1. The lowest BCUT2D eigenvalue weighted by Gasteiger charge is -2.32. The summed E-state index contributed by atoms with van der Waals surface area (Å²) in [4.78, 5) is 0. The molecule has 2 rings (SSSR count). The number of hydrogen-bond acceptors (Lipinski definition) is 4. The molecule has 1 aromatic heterocycles. The van der Waals surface area contributed by atoms with Crippen molar-refractivity contribution in [2.24, 2.45) is 7.05 Å². The van der Waals surface area contributed by atoms with E-state index in [4.69, 9.17) is 9.31 Å². The van der Waals surface area contributed by atoms with Crippen LogP contribution >= 0.6 is 15.9 Å². The number of nitrogens with zero attached hydrogens (tertiary/aromatic N) is 3. The van der Waals surface area contributed by atoms with Gasteiger partial charge in [-0.2, -0.15) is 0 Å². The Bertz CT molecular complexity index is 403. The Morgan fingerprint density at radius 1 is 1.19 bits per heavy atom. The van der Waals surface area contributed by atoms with Gasteiger partial charge < -0.3 is 9.31 Å². The SMILES string of the molecule is Cn1nnc(B2OC(C)(C)C(C)(C)O2)c1Br. The lowest BCUT2D eigenvalue weighted by Crippen LogP contribution is -2.41. The van der Waals surface area contributed by atoms with Gasteiger partial charge in [-0.1, -0.05) is 5.21 Å². The highest BCUT2D eigenvalue weighted by Gasteiger charge is 2.53. The molecule has 1 aliphatic rings. The highest BCUT2D eigenvalue weighted by atomic mass is 79.9. The van der Waals surface area contributed by atoms with E-state index in [1.807, 2.05) is 34.7 Å². The first-order valence-electron chi connectivity index (χ1n) is 5.15. The van der Waals surface area contributed by atoms with Gasteiger partial charge in [-0.15, -0.1) is 5.10 Å². The Morgan fingerprint density at radius 2 is 1.69 bits per heavy atom. The first-order chi connectivity index (χ1) is 7.24. The van der Waals surface area contributed by atoms with Gasteiger partial charge >= 0.3 is 7.12 Å². The molecule has 0 bridgehead atoms. The maximum atomic E-state index is 5.88. The predicted octanol–water partition coefficient (Wildman–Crippen LogP) is 0.877. The first-order valence-corrected chi connectivity index (χ1v) is 5.94. The molecule has 5 nitrogen and oxygen atoms in total. The molecule has 1 aromatic rings. The highest BCUT2D eigenvalue weighted by Crippen LogP contribution is 2.36. The molecule has 0 N–H and O–H groups in total. The highest BCUT2D eigenvalue weighted by molar-refractivity contribution is 9.10. The van der Waals surface area contributed by atoms with E-state index in [2.05, 4.69) is 26.2 Å². The summed E-state index contributed by atoms with van der Waals surface area (Å²) in [5, 5.41) is 7.96. The van der Waals surface area contributed by atoms with Crippen molar-refractivity contribution in [2.75, 3.05) is 0 Å². The van der Waals surface area contributed by atoms with Crippen LogP contribution in [-0.4, -0.2) is 33.3 Å². The molecule has 0 spiro atoms. The van der Waals surface area contributed by atoms with Crippen molar-refractivity contribution in [2.45, 2.75) is 38.9 Å². The van der Waals surface area contributed by atoms with Crippen LogP contribution in [0.4, 0.5) is 0 Å². The van der Waals surface area contributed by atoms with Crippen molar-refractivity contribution >= 4 is 28.6 Å². The third-order valence-electron chi connectivity index (χ3n) is 3.26. The molecule has 1 aliphatic heterocycles. The minimum atomic E-state index is -0.465. The van der Waals surface area contributed by atoms with Crippen LogP contribution < -0.4 is 5.59 Å². The monoisotopic (exact) mass is 287 g/mol. The van der Waals surface area contributed by atoms with Crippen molar-refractivity contribution < 1.29 is 9.31 Å². The molecule has 0 amide bonds. The van der Waals surface area contributed by atoms with E-state index in [0.29, 0.717) is 5.59 Å². The Morgan fingerprint density at radius 3 is 2.06 bits per heavy atom. The Labute approximate surface area is 104 Å². The van der Waals surface area contributed by atoms with Crippen LogP contribution in [0.15, 0.2) is 4.60 Å². The van der Waals surface area contributed by atoms with E-state index >= 15 is 0 Å². The van der Waals surface area contributed by atoms with Crippen LogP contribution in [0.1, 0.15) is 27.7 Å². The second kappa shape index (κ2) is 3.55. The van der Waals surface area contributed by atoms with Crippen LogP contribution in [0.2, 0.25) is 0 Å². The van der Waals surface area contributed by atoms with Crippen molar-refractivity contribution in [3.05, 3.63) is 4.60 Å². The maximum Gasteiger partial charge on any atom is 0.519 e. The molecule has 16 heavy (non-hydrogen) atoms. The smallest absolute Gasteiger partial charge is 0.398 e.